The lowest BCUT2D eigenvalue weighted by molar-refractivity contribution is -0.113. The fourth-order valence-corrected chi connectivity index (χ4v) is 4.33. The number of aryl methyl sites for hydroxylation is 1. The Balaban J connectivity index is 1.62. The first kappa shape index (κ1) is 18.7. The van der Waals surface area contributed by atoms with Gasteiger partial charge in [0.15, 0.2) is 5.16 Å². The van der Waals surface area contributed by atoms with Crippen molar-refractivity contribution in [1.29, 1.82) is 0 Å². The number of nitrogens with zero attached hydrogens (tertiary/aromatic N) is 5. The average Bonchev–Trinajstić information content (AvgIpc) is 3.37. The summed E-state index contributed by atoms with van der Waals surface area (Å²) in [7, 11) is 0. The van der Waals surface area contributed by atoms with Crippen molar-refractivity contribution in [2.45, 2.75) is 31.5 Å². The largest absolute Gasteiger partial charge is 0.302 e. The molecule has 3 aromatic heterocycles. The van der Waals surface area contributed by atoms with Gasteiger partial charge in [-0.2, -0.15) is 0 Å². The Morgan fingerprint density at radius 3 is 2.96 bits per heavy atom. The summed E-state index contributed by atoms with van der Waals surface area (Å²) < 4.78 is 1.99. The highest BCUT2D eigenvalue weighted by Gasteiger charge is 2.15. The van der Waals surface area contributed by atoms with Gasteiger partial charge in [-0.15, -0.1) is 38.3 Å². The highest BCUT2D eigenvalue weighted by Crippen LogP contribution is 2.21. The first-order chi connectivity index (χ1) is 12.7. The van der Waals surface area contributed by atoms with E-state index in [0.717, 1.165) is 23.7 Å². The number of allylic oxidation sites excluding steroid dienone is 1. The SMILES string of the molecule is C=CCn1c(Cc2cccs2)nnc1SCC(=O)Nc1nnc(CC)s1. The zero-order valence-corrected chi connectivity index (χ0v) is 16.7. The van der Waals surface area contributed by atoms with Gasteiger partial charge in [-0.3, -0.25) is 10.1 Å². The maximum atomic E-state index is 12.1. The number of carbonyl (C=O) groups excluding carboxylic acids is 1. The number of thiophene rings is 1. The Kier molecular flexibility index (Phi) is 6.53. The third kappa shape index (κ3) is 4.77. The van der Waals surface area contributed by atoms with E-state index in [1.165, 1.54) is 28.0 Å². The average molecular weight is 407 g/mol. The van der Waals surface area contributed by atoms with Crippen LogP contribution in [0.1, 0.15) is 22.6 Å². The summed E-state index contributed by atoms with van der Waals surface area (Å²) in [4.78, 5) is 13.4. The lowest BCUT2D eigenvalue weighted by atomic mass is 10.3. The molecule has 3 rings (SSSR count). The zero-order valence-electron chi connectivity index (χ0n) is 14.2. The van der Waals surface area contributed by atoms with Crippen molar-refractivity contribution in [3.8, 4) is 0 Å². The molecule has 0 bridgehead atoms. The minimum atomic E-state index is -0.137. The lowest BCUT2D eigenvalue weighted by Gasteiger charge is -2.07. The maximum Gasteiger partial charge on any atom is 0.236 e. The number of hydrogen-bond acceptors (Lipinski definition) is 8. The van der Waals surface area contributed by atoms with Crippen molar-refractivity contribution in [2.24, 2.45) is 0 Å². The third-order valence-electron chi connectivity index (χ3n) is 3.37. The van der Waals surface area contributed by atoms with E-state index in [1.54, 1.807) is 17.4 Å². The Hall–Kier alpha value is -2.04. The van der Waals surface area contributed by atoms with E-state index >= 15 is 0 Å². The molecule has 7 nitrogen and oxygen atoms in total. The quantitative estimate of drug-likeness (QED) is 0.434. The van der Waals surface area contributed by atoms with Gasteiger partial charge in [0.2, 0.25) is 11.0 Å². The number of rotatable bonds is 9. The molecule has 10 heteroatoms. The van der Waals surface area contributed by atoms with E-state index in [-0.39, 0.29) is 11.7 Å². The van der Waals surface area contributed by atoms with Gasteiger partial charge in [0.05, 0.1) is 5.75 Å². The highest BCUT2D eigenvalue weighted by atomic mass is 32.2. The van der Waals surface area contributed by atoms with Crippen molar-refractivity contribution >= 4 is 45.5 Å². The summed E-state index contributed by atoms with van der Waals surface area (Å²) in [5.74, 6) is 0.962. The Bertz CT molecular complexity index is 871. The Morgan fingerprint density at radius 2 is 2.27 bits per heavy atom. The van der Waals surface area contributed by atoms with Crippen molar-refractivity contribution in [1.82, 2.24) is 25.0 Å². The standard InChI is InChI=1S/C16H18N6OS3/c1-3-7-22-12(9-11-6-5-8-24-11)18-21-16(22)25-10-13(23)17-15-20-19-14(4-2)26-15/h3,5-6,8H,1,4,7,9-10H2,2H3,(H,17,20,23). The molecule has 0 radical (unpaired) electrons. The molecule has 0 saturated heterocycles. The molecule has 3 heterocycles. The topological polar surface area (TPSA) is 85.6 Å². The van der Waals surface area contributed by atoms with Gasteiger partial charge in [0.25, 0.3) is 0 Å². The monoisotopic (exact) mass is 406 g/mol. The second-order valence-corrected chi connectivity index (χ2v) is 8.28. The van der Waals surface area contributed by atoms with Gasteiger partial charge in [-0.25, -0.2) is 0 Å². The van der Waals surface area contributed by atoms with Crippen LogP contribution in [0.15, 0.2) is 35.3 Å². The van der Waals surface area contributed by atoms with Crippen LogP contribution in [0.5, 0.6) is 0 Å². The molecule has 0 aliphatic carbocycles. The van der Waals surface area contributed by atoms with Crippen molar-refractivity contribution in [2.75, 3.05) is 11.1 Å². The second-order valence-electron chi connectivity index (χ2n) is 5.25. The molecule has 3 aromatic rings. The van der Waals surface area contributed by atoms with Crippen LogP contribution in [0.3, 0.4) is 0 Å². The van der Waals surface area contributed by atoms with E-state index in [1.807, 2.05) is 22.9 Å². The predicted octanol–water partition coefficient (Wildman–Crippen LogP) is 3.26. The first-order valence-electron chi connectivity index (χ1n) is 8.00. The molecule has 136 valence electrons. The number of carbonyl (C=O) groups is 1. The summed E-state index contributed by atoms with van der Waals surface area (Å²) >= 11 is 4.43. The molecule has 0 atom stereocenters. The van der Waals surface area contributed by atoms with Gasteiger partial charge < -0.3 is 4.57 Å². The second kappa shape index (κ2) is 9.06. The van der Waals surface area contributed by atoms with Crippen LogP contribution in [-0.2, 0) is 24.2 Å². The van der Waals surface area contributed by atoms with Crippen molar-refractivity contribution in [3.63, 3.8) is 0 Å². The van der Waals surface area contributed by atoms with Gasteiger partial charge in [0, 0.05) is 17.8 Å². The number of thioether (sulfide) groups is 1. The summed E-state index contributed by atoms with van der Waals surface area (Å²) in [6, 6.07) is 4.09. The van der Waals surface area contributed by atoms with E-state index in [9.17, 15) is 4.79 Å². The summed E-state index contributed by atoms with van der Waals surface area (Å²) in [6.45, 7) is 6.41. The van der Waals surface area contributed by atoms with E-state index in [4.69, 9.17) is 0 Å². The molecule has 1 amide bonds. The lowest BCUT2D eigenvalue weighted by Crippen LogP contribution is -2.14. The fourth-order valence-electron chi connectivity index (χ4n) is 2.17. The van der Waals surface area contributed by atoms with Gasteiger partial charge >= 0.3 is 0 Å². The smallest absolute Gasteiger partial charge is 0.236 e. The minimum Gasteiger partial charge on any atom is -0.302 e. The van der Waals surface area contributed by atoms with Crippen molar-refractivity contribution < 1.29 is 4.79 Å². The molecule has 0 spiro atoms. The fraction of sp³-hybridized carbons (Fsp3) is 0.312. The molecule has 1 N–H and O–H groups in total. The van der Waals surface area contributed by atoms with Crippen LogP contribution in [-0.4, -0.2) is 36.6 Å². The predicted molar refractivity (Wildman–Crippen MR) is 106 cm³/mol. The number of anilines is 1. The van der Waals surface area contributed by atoms with Crippen LogP contribution < -0.4 is 5.32 Å². The molecule has 0 aliphatic heterocycles. The number of nitrogens with one attached hydrogen (secondary N) is 1. The molecule has 0 unspecified atom stereocenters. The van der Waals surface area contributed by atoms with E-state index < -0.39 is 0 Å². The van der Waals surface area contributed by atoms with Gasteiger partial charge in [0.1, 0.15) is 10.8 Å². The summed E-state index contributed by atoms with van der Waals surface area (Å²) in [5, 5.41) is 23.4. The van der Waals surface area contributed by atoms with E-state index in [2.05, 4.69) is 38.4 Å². The molecule has 0 fully saturated rings. The zero-order chi connectivity index (χ0) is 18.4. The Labute approximate surface area is 163 Å². The van der Waals surface area contributed by atoms with Crippen LogP contribution in [0, 0.1) is 0 Å². The molecule has 0 aromatic carbocycles. The molecular formula is C16H18N6OS3. The molecule has 26 heavy (non-hydrogen) atoms. The minimum absolute atomic E-state index is 0.137. The van der Waals surface area contributed by atoms with Crippen LogP contribution in [0.25, 0.3) is 0 Å². The first-order valence-corrected chi connectivity index (χ1v) is 10.7. The highest BCUT2D eigenvalue weighted by molar-refractivity contribution is 7.99. The summed E-state index contributed by atoms with van der Waals surface area (Å²) in [5.41, 5.74) is 0. The van der Waals surface area contributed by atoms with Gasteiger partial charge in [-0.05, 0) is 17.9 Å². The third-order valence-corrected chi connectivity index (χ3v) is 6.19. The van der Waals surface area contributed by atoms with Gasteiger partial charge in [-0.1, -0.05) is 42.2 Å². The molecule has 0 saturated carbocycles. The van der Waals surface area contributed by atoms with Crippen LogP contribution in [0.4, 0.5) is 5.13 Å². The Morgan fingerprint density at radius 1 is 1.38 bits per heavy atom. The maximum absolute atomic E-state index is 12.1. The number of amides is 1. The molecule has 0 aliphatic rings. The number of aromatic nitrogens is 5. The normalized spacial score (nSPS) is 10.8. The molecular weight excluding hydrogens is 388 g/mol. The summed E-state index contributed by atoms with van der Waals surface area (Å²) in [6.07, 6.45) is 3.33. The van der Waals surface area contributed by atoms with Crippen LogP contribution >= 0.6 is 34.4 Å². The van der Waals surface area contributed by atoms with Crippen molar-refractivity contribution in [3.05, 3.63) is 45.9 Å². The van der Waals surface area contributed by atoms with Crippen LogP contribution in [0.2, 0.25) is 0 Å². The van der Waals surface area contributed by atoms with E-state index in [0.29, 0.717) is 16.8 Å². The number of hydrogen-bond donors (Lipinski definition) is 1.